The summed E-state index contributed by atoms with van der Waals surface area (Å²) in [7, 11) is 6.61. The van der Waals surface area contributed by atoms with E-state index in [9.17, 15) is 0 Å². The average molecular weight is 538 g/mol. The topological polar surface area (TPSA) is 106 Å². The van der Waals surface area contributed by atoms with Crippen molar-refractivity contribution < 1.29 is 14.2 Å². The summed E-state index contributed by atoms with van der Waals surface area (Å²) >= 11 is 0. The first kappa shape index (κ1) is 24.3. The predicted octanol–water partition coefficient (Wildman–Crippen LogP) is 2.98. The molecule has 2 aromatic carbocycles. The van der Waals surface area contributed by atoms with Gasteiger partial charge in [-0.3, -0.25) is 10.1 Å². The Kier molecular flexibility index (Phi) is 9.38. The molecule has 10 heteroatoms. The molecule has 0 aliphatic carbocycles. The van der Waals surface area contributed by atoms with Crippen LogP contribution in [-0.4, -0.2) is 49.5 Å². The lowest BCUT2D eigenvalue weighted by Crippen LogP contribution is -2.36. The normalized spacial score (nSPS) is 10.8. The van der Waals surface area contributed by atoms with Gasteiger partial charge in [0.2, 0.25) is 0 Å². The van der Waals surface area contributed by atoms with Gasteiger partial charge in [-0.2, -0.15) is 5.10 Å². The Bertz CT molecular complexity index is 991. The van der Waals surface area contributed by atoms with E-state index in [4.69, 9.17) is 14.2 Å². The van der Waals surface area contributed by atoms with Gasteiger partial charge in [-0.15, -0.1) is 24.0 Å². The van der Waals surface area contributed by atoms with Gasteiger partial charge in [-0.25, -0.2) is 4.98 Å². The van der Waals surface area contributed by atoms with Crippen molar-refractivity contribution in [3.63, 3.8) is 0 Å². The molecule has 0 saturated heterocycles. The van der Waals surface area contributed by atoms with Gasteiger partial charge < -0.3 is 24.8 Å². The quantitative estimate of drug-likeness (QED) is 0.230. The maximum absolute atomic E-state index is 5.43. The summed E-state index contributed by atoms with van der Waals surface area (Å²) in [6, 6.07) is 13.3. The minimum atomic E-state index is 0. The predicted molar refractivity (Wildman–Crippen MR) is 130 cm³/mol. The number of rotatable bonds is 8. The number of hydrogen-bond donors (Lipinski definition) is 3. The number of hydrogen-bond acceptors (Lipinski definition) is 6. The van der Waals surface area contributed by atoms with Gasteiger partial charge in [0.1, 0.15) is 23.1 Å². The number of ether oxygens (including phenoxy) is 3. The van der Waals surface area contributed by atoms with Crippen molar-refractivity contribution in [3.05, 3.63) is 53.9 Å². The zero-order valence-electron chi connectivity index (χ0n) is 17.9. The molecule has 3 rings (SSSR count). The summed E-state index contributed by atoms with van der Waals surface area (Å²) in [5.74, 6) is 4.24. The molecule has 3 N–H and O–H groups in total. The number of aromatic nitrogens is 3. The van der Waals surface area contributed by atoms with Crippen LogP contribution < -0.4 is 24.8 Å². The van der Waals surface area contributed by atoms with Crippen molar-refractivity contribution in [3.8, 4) is 28.6 Å². The van der Waals surface area contributed by atoms with E-state index in [2.05, 4.69) is 30.8 Å². The van der Waals surface area contributed by atoms with Gasteiger partial charge in [0.25, 0.3) is 0 Å². The lowest BCUT2D eigenvalue weighted by Gasteiger charge is -2.14. The Labute approximate surface area is 198 Å². The van der Waals surface area contributed by atoms with E-state index < -0.39 is 0 Å². The van der Waals surface area contributed by atoms with E-state index in [1.807, 2.05) is 42.5 Å². The lowest BCUT2D eigenvalue weighted by atomic mass is 10.2. The second-order valence-electron chi connectivity index (χ2n) is 6.29. The molecule has 31 heavy (non-hydrogen) atoms. The molecule has 0 aliphatic rings. The zero-order chi connectivity index (χ0) is 21.3. The molecular weight excluding hydrogens is 511 g/mol. The molecule has 0 saturated carbocycles. The largest absolute Gasteiger partial charge is 0.497 e. The monoisotopic (exact) mass is 538 g/mol. The van der Waals surface area contributed by atoms with E-state index in [-0.39, 0.29) is 24.0 Å². The minimum absolute atomic E-state index is 0. The third kappa shape index (κ3) is 6.48. The lowest BCUT2D eigenvalue weighted by molar-refractivity contribution is 0.390. The summed E-state index contributed by atoms with van der Waals surface area (Å²) in [6.45, 7) is 0.989. The van der Waals surface area contributed by atoms with Crippen molar-refractivity contribution in [1.29, 1.82) is 0 Å². The van der Waals surface area contributed by atoms with Crippen molar-refractivity contribution in [2.45, 2.75) is 13.1 Å². The molecule has 9 nitrogen and oxygen atoms in total. The van der Waals surface area contributed by atoms with Crippen LogP contribution in [0, 0.1) is 0 Å². The highest BCUT2D eigenvalue weighted by molar-refractivity contribution is 14.0. The second-order valence-corrected chi connectivity index (χ2v) is 6.29. The second kappa shape index (κ2) is 12.0. The van der Waals surface area contributed by atoms with Crippen molar-refractivity contribution in [2.75, 3.05) is 28.4 Å². The molecule has 1 aromatic heterocycles. The van der Waals surface area contributed by atoms with Gasteiger partial charge in [0, 0.05) is 30.8 Å². The molecule has 0 atom stereocenters. The van der Waals surface area contributed by atoms with Crippen LogP contribution in [0.25, 0.3) is 11.4 Å². The number of nitrogens with one attached hydrogen (secondary N) is 3. The highest BCUT2D eigenvalue weighted by Crippen LogP contribution is 2.24. The van der Waals surface area contributed by atoms with Crippen LogP contribution in [0.5, 0.6) is 17.2 Å². The van der Waals surface area contributed by atoms with Crippen LogP contribution in [0.3, 0.4) is 0 Å². The van der Waals surface area contributed by atoms with Crippen LogP contribution in [0.15, 0.2) is 47.5 Å². The smallest absolute Gasteiger partial charge is 0.191 e. The summed E-state index contributed by atoms with van der Waals surface area (Å²) < 4.78 is 15.8. The van der Waals surface area contributed by atoms with Gasteiger partial charge >= 0.3 is 0 Å². The first-order chi connectivity index (χ1) is 14.7. The Hall–Kier alpha value is -3.02. The maximum Gasteiger partial charge on any atom is 0.191 e. The number of methoxy groups -OCH3 is 3. The molecule has 0 amide bonds. The number of aliphatic imine (C=N–C) groups is 1. The van der Waals surface area contributed by atoms with Crippen LogP contribution in [-0.2, 0) is 13.1 Å². The number of H-pyrrole nitrogens is 1. The summed E-state index contributed by atoms with van der Waals surface area (Å²) in [6.07, 6.45) is 0. The number of benzene rings is 2. The molecule has 0 bridgehead atoms. The van der Waals surface area contributed by atoms with E-state index in [1.54, 1.807) is 28.4 Å². The highest BCUT2D eigenvalue weighted by atomic mass is 127. The van der Waals surface area contributed by atoms with Gasteiger partial charge in [0.05, 0.1) is 27.9 Å². The van der Waals surface area contributed by atoms with Crippen molar-refractivity contribution in [2.24, 2.45) is 4.99 Å². The van der Waals surface area contributed by atoms with Gasteiger partial charge in [-0.05, 0) is 36.4 Å². The summed E-state index contributed by atoms with van der Waals surface area (Å²) in [5, 5.41) is 13.7. The molecule has 166 valence electrons. The number of aromatic amines is 1. The first-order valence-corrected chi connectivity index (χ1v) is 9.38. The third-order valence-electron chi connectivity index (χ3n) is 4.47. The fraction of sp³-hybridized carbons (Fsp3) is 0.286. The molecule has 0 spiro atoms. The van der Waals surface area contributed by atoms with Crippen LogP contribution >= 0.6 is 24.0 Å². The molecule has 1 heterocycles. The molecule has 3 aromatic rings. The summed E-state index contributed by atoms with van der Waals surface area (Å²) in [4.78, 5) is 8.76. The number of guanidine groups is 1. The van der Waals surface area contributed by atoms with Gasteiger partial charge in [0.15, 0.2) is 11.8 Å². The maximum atomic E-state index is 5.43. The minimum Gasteiger partial charge on any atom is -0.497 e. The summed E-state index contributed by atoms with van der Waals surface area (Å²) in [5.41, 5.74) is 1.90. The van der Waals surface area contributed by atoms with E-state index in [1.165, 1.54) is 0 Å². The van der Waals surface area contributed by atoms with E-state index in [0.717, 1.165) is 28.4 Å². The number of halogens is 1. The zero-order valence-corrected chi connectivity index (χ0v) is 20.3. The molecule has 0 fully saturated rings. The van der Waals surface area contributed by atoms with Crippen molar-refractivity contribution in [1.82, 2.24) is 25.8 Å². The molecular formula is C21H27IN6O3. The number of nitrogens with zero attached hydrogens (tertiary/aromatic N) is 3. The van der Waals surface area contributed by atoms with E-state index >= 15 is 0 Å². The SMILES string of the molecule is CN=C(NCc1nc(-c2ccc(OC)cc2)n[nH]1)NCc1ccc(OC)cc1OC.I. The molecule has 0 aliphatic heterocycles. The standard InChI is InChI=1S/C21H26N6O3.HI/c1-22-21(23-12-15-7-10-17(29-3)11-18(15)30-4)24-13-19-25-20(27-26-19)14-5-8-16(28-2)9-6-14;/h5-11H,12-13H2,1-4H3,(H2,22,23,24)(H,25,26,27);1H. The third-order valence-corrected chi connectivity index (χ3v) is 4.47. The van der Waals surface area contributed by atoms with E-state index in [0.29, 0.717) is 30.7 Å². The Balaban J connectivity index is 0.00000341. The Morgan fingerprint density at radius 1 is 0.935 bits per heavy atom. The highest BCUT2D eigenvalue weighted by Gasteiger charge is 2.09. The molecule has 0 unspecified atom stereocenters. The Morgan fingerprint density at radius 3 is 2.26 bits per heavy atom. The van der Waals surface area contributed by atoms with Crippen molar-refractivity contribution >= 4 is 29.9 Å². The fourth-order valence-electron chi connectivity index (χ4n) is 2.81. The van der Waals surface area contributed by atoms with Crippen LogP contribution in [0.4, 0.5) is 0 Å². The first-order valence-electron chi connectivity index (χ1n) is 9.38. The van der Waals surface area contributed by atoms with Crippen LogP contribution in [0.2, 0.25) is 0 Å². The fourth-order valence-corrected chi connectivity index (χ4v) is 2.81. The average Bonchev–Trinajstić information content (AvgIpc) is 3.28. The van der Waals surface area contributed by atoms with Crippen LogP contribution in [0.1, 0.15) is 11.4 Å². The van der Waals surface area contributed by atoms with Gasteiger partial charge in [-0.1, -0.05) is 0 Å². The Morgan fingerprint density at radius 2 is 1.61 bits per heavy atom. The molecule has 0 radical (unpaired) electrons.